The molecule has 1 aliphatic rings. The average Bonchev–Trinajstić information content (AvgIpc) is 2.15. The minimum absolute atomic E-state index is 0.0563. The van der Waals surface area contributed by atoms with Crippen molar-refractivity contribution in [3.63, 3.8) is 0 Å². The summed E-state index contributed by atoms with van der Waals surface area (Å²) in [5, 5.41) is 3.11. The van der Waals surface area contributed by atoms with Crippen LogP contribution < -0.4 is 5.32 Å². The van der Waals surface area contributed by atoms with E-state index in [1.807, 2.05) is 0 Å². The highest BCUT2D eigenvalue weighted by atomic mass is 19.4. The average molecular weight is 251 g/mol. The summed E-state index contributed by atoms with van der Waals surface area (Å²) in [6.07, 6.45) is -0.276. The van der Waals surface area contributed by atoms with Gasteiger partial charge in [-0.15, -0.1) is 0 Å². The van der Waals surface area contributed by atoms with Gasteiger partial charge in [0, 0.05) is 12.6 Å². The molecular weight excluding hydrogens is 227 g/mol. The molecule has 1 fully saturated rings. The molecule has 0 aliphatic heterocycles. The number of rotatable bonds is 3. The maximum absolute atomic E-state index is 12.1. The molecule has 2 unspecified atom stereocenters. The van der Waals surface area contributed by atoms with E-state index in [4.69, 9.17) is 0 Å². The van der Waals surface area contributed by atoms with Gasteiger partial charge in [0.25, 0.3) is 0 Å². The van der Waals surface area contributed by atoms with E-state index in [9.17, 15) is 13.2 Å². The molecule has 0 bridgehead atoms. The highest BCUT2D eigenvalue weighted by Crippen LogP contribution is 2.38. The first-order valence-electron chi connectivity index (χ1n) is 6.50. The Morgan fingerprint density at radius 3 is 2.18 bits per heavy atom. The van der Waals surface area contributed by atoms with Gasteiger partial charge >= 0.3 is 6.18 Å². The van der Waals surface area contributed by atoms with E-state index >= 15 is 0 Å². The van der Waals surface area contributed by atoms with Gasteiger partial charge in [-0.05, 0) is 24.2 Å². The molecule has 0 heterocycles. The van der Waals surface area contributed by atoms with E-state index in [-0.39, 0.29) is 18.0 Å². The number of nitrogens with one attached hydrogen (secondary N) is 1. The lowest BCUT2D eigenvalue weighted by atomic mass is 9.69. The Hall–Kier alpha value is -0.250. The highest BCUT2D eigenvalue weighted by molar-refractivity contribution is 4.88. The second kappa shape index (κ2) is 5.59. The van der Waals surface area contributed by atoms with Gasteiger partial charge in [-0.3, -0.25) is 0 Å². The van der Waals surface area contributed by atoms with Crippen LogP contribution in [0.5, 0.6) is 0 Å². The van der Waals surface area contributed by atoms with Crippen LogP contribution >= 0.6 is 0 Å². The van der Waals surface area contributed by atoms with Gasteiger partial charge in [0.2, 0.25) is 0 Å². The second-order valence-electron chi connectivity index (χ2n) is 6.18. The molecule has 0 radical (unpaired) electrons. The first-order valence-corrected chi connectivity index (χ1v) is 6.50. The third-order valence-electron chi connectivity index (χ3n) is 3.69. The first kappa shape index (κ1) is 14.8. The zero-order valence-corrected chi connectivity index (χ0v) is 11.0. The molecule has 102 valence electrons. The van der Waals surface area contributed by atoms with Gasteiger partial charge in [0.05, 0.1) is 6.42 Å². The van der Waals surface area contributed by atoms with Crippen LogP contribution in [0.15, 0.2) is 0 Å². The van der Waals surface area contributed by atoms with Crippen molar-refractivity contribution in [2.45, 2.75) is 65.1 Å². The minimum Gasteiger partial charge on any atom is -0.313 e. The summed E-state index contributed by atoms with van der Waals surface area (Å²) < 4.78 is 36.3. The van der Waals surface area contributed by atoms with Gasteiger partial charge in [-0.25, -0.2) is 0 Å². The Labute approximate surface area is 102 Å². The number of alkyl halides is 3. The second-order valence-corrected chi connectivity index (χ2v) is 6.18. The quantitative estimate of drug-likeness (QED) is 0.795. The van der Waals surface area contributed by atoms with Gasteiger partial charge in [-0.1, -0.05) is 33.6 Å². The Morgan fingerprint density at radius 1 is 1.06 bits per heavy atom. The van der Waals surface area contributed by atoms with Crippen LogP contribution in [0.3, 0.4) is 0 Å². The predicted octanol–water partition coefficient (Wildman–Crippen LogP) is 4.13. The van der Waals surface area contributed by atoms with Crippen LogP contribution in [0.1, 0.15) is 52.9 Å². The van der Waals surface area contributed by atoms with Crippen LogP contribution in [0.4, 0.5) is 13.2 Å². The summed E-state index contributed by atoms with van der Waals surface area (Å²) >= 11 is 0. The molecule has 17 heavy (non-hydrogen) atoms. The third-order valence-corrected chi connectivity index (χ3v) is 3.69. The van der Waals surface area contributed by atoms with Crippen molar-refractivity contribution in [1.29, 1.82) is 0 Å². The Morgan fingerprint density at radius 2 is 1.65 bits per heavy atom. The van der Waals surface area contributed by atoms with Crippen molar-refractivity contribution in [2.24, 2.45) is 11.3 Å². The fourth-order valence-electron chi connectivity index (χ4n) is 2.81. The van der Waals surface area contributed by atoms with Crippen LogP contribution in [-0.4, -0.2) is 18.8 Å². The van der Waals surface area contributed by atoms with Gasteiger partial charge in [0.15, 0.2) is 0 Å². The summed E-state index contributed by atoms with van der Waals surface area (Å²) in [6.45, 7) is 6.60. The van der Waals surface area contributed by atoms with Crippen LogP contribution in [0.25, 0.3) is 0 Å². The van der Waals surface area contributed by atoms with E-state index in [0.29, 0.717) is 5.92 Å². The third kappa shape index (κ3) is 5.28. The lowest BCUT2D eigenvalue weighted by molar-refractivity contribution is -0.134. The molecule has 4 heteroatoms. The summed E-state index contributed by atoms with van der Waals surface area (Å²) in [6, 6.07) is 0.256. The van der Waals surface area contributed by atoms with Crippen molar-refractivity contribution in [2.75, 3.05) is 6.54 Å². The molecule has 1 nitrogen and oxygen atoms in total. The first-order chi connectivity index (χ1) is 7.70. The zero-order valence-electron chi connectivity index (χ0n) is 11.0. The van der Waals surface area contributed by atoms with Crippen LogP contribution in [-0.2, 0) is 0 Å². The van der Waals surface area contributed by atoms with Gasteiger partial charge < -0.3 is 5.32 Å². The molecule has 0 aromatic carbocycles. The lowest BCUT2D eigenvalue weighted by Crippen LogP contribution is -2.45. The summed E-state index contributed by atoms with van der Waals surface area (Å²) in [5.41, 5.74) is 0.177. The monoisotopic (exact) mass is 251 g/mol. The highest BCUT2D eigenvalue weighted by Gasteiger charge is 2.34. The molecule has 1 N–H and O–H groups in total. The fourth-order valence-corrected chi connectivity index (χ4v) is 2.81. The summed E-state index contributed by atoms with van der Waals surface area (Å²) in [5.74, 6) is 0.490. The molecule has 2 atom stereocenters. The number of hydrogen-bond donors (Lipinski definition) is 1. The van der Waals surface area contributed by atoms with Crippen molar-refractivity contribution in [3.05, 3.63) is 0 Å². The Balaban J connectivity index is 2.44. The van der Waals surface area contributed by atoms with E-state index in [2.05, 4.69) is 26.1 Å². The van der Waals surface area contributed by atoms with Gasteiger partial charge in [-0.2, -0.15) is 13.2 Å². The number of halogens is 3. The minimum atomic E-state index is -4.04. The predicted molar refractivity (Wildman–Crippen MR) is 63.9 cm³/mol. The molecule has 1 saturated carbocycles. The number of hydrogen-bond acceptors (Lipinski definition) is 1. The molecule has 0 spiro atoms. The molecule has 1 aliphatic carbocycles. The van der Waals surface area contributed by atoms with E-state index in [0.717, 1.165) is 19.3 Å². The molecule has 0 aromatic rings. The van der Waals surface area contributed by atoms with Crippen molar-refractivity contribution in [1.82, 2.24) is 5.32 Å². The lowest BCUT2D eigenvalue weighted by Gasteiger charge is -2.41. The van der Waals surface area contributed by atoms with Crippen LogP contribution in [0.2, 0.25) is 0 Å². The largest absolute Gasteiger partial charge is 0.390 e. The zero-order chi connectivity index (χ0) is 13.1. The van der Waals surface area contributed by atoms with E-state index in [1.165, 1.54) is 6.42 Å². The molecule has 0 amide bonds. The molecular formula is C13H24F3N. The maximum atomic E-state index is 12.1. The summed E-state index contributed by atoms with van der Waals surface area (Å²) in [4.78, 5) is 0. The maximum Gasteiger partial charge on any atom is 0.390 e. The molecule has 1 rings (SSSR count). The van der Waals surface area contributed by atoms with Crippen molar-refractivity contribution < 1.29 is 13.2 Å². The normalized spacial score (nSPS) is 27.2. The fraction of sp³-hybridized carbons (Fsp3) is 1.00. The van der Waals surface area contributed by atoms with E-state index in [1.54, 1.807) is 0 Å². The molecule has 0 aromatic heterocycles. The van der Waals surface area contributed by atoms with Crippen molar-refractivity contribution in [3.8, 4) is 0 Å². The SMILES string of the molecule is CC(C)(C)C1CCCCC1NCCC(F)(F)F. The van der Waals surface area contributed by atoms with Crippen LogP contribution in [0, 0.1) is 11.3 Å². The summed E-state index contributed by atoms with van der Waals surface area (Å²) in [7, 11) is 0. The standard InChI is InChI=1S/C13H24F3N/c1-12(2,3)10-6-4-5-7-11(10)17-9-8-13(14,15)16/h10-11,17H,4-9H2,1-3H3. The van der Waals surface area contributed by atoms with Crippen molar-refractivity contribution >= 4 is 0 Å². The smallest absolute Gasteiger partial charge is 0.313 e. The van der Waals surface area contributed by atoms with Gasteiger partial charge in [0.1, 0.15) is 0 Å². The Kier molecular flexibility index (Phi) is 4.87. The topological polar surface area (TPSA) is 12.0 Å². The van der Waals surface area contributed by atoms with E-state index < -0.39 is 12.6 Å². The molecule has 0 saturated heterocycles. The Bertz CT molecular complexity index is 230.